The molecule has 3 rings (SSSR count). The van der Waals surface area contributed by atoms with Gasteiger partial charge in [-0.15, -0.1) is 0 Å². The van der Waals surface area contributed by atoms with E-state index >= 15 is 0 Å². The summed E-state index contributed by atoms with van der Waals surface area (Å²) in [6.07, 6.45) is -1.20. The fraction of sp³-hybridized carbons (Fsp3) is 0.483. The second-order valence-electron chi connectivity index (χ2n) is 11.3. The van der Waals surface area contributed by atoms with Crippen molar-refractivity contribution in [3.05, 3.63) is 69.3 Å². The van der Waals surface area contributed by atoms with Gasteiger partial charge in [-0.2, -0.15) is 0 Å². The number of benzene rings is 2. The fourth-order valence-corrected chi connectivity index (χ4v) is 4.70. The number of ether oxygens (including phenoxy) is 4. The maximum atomic E-state index is 12.2. The smallest absolute Gasteiger partial charge is 0.338 e. The lowest BCUT2D eigenvalue weighted by atomic mass is 10.1. The molecule has 10 heteroatoms. The Hall–Kier alpha value is -3.23. The molecule has 2 atom stereocenters. The van der Waals surface area contributed by atoms with Gasteiger partial charge in [0.15, 0.2) is 14.1 Å². The second-order valence-corrected chi connectivity index (χ2v) is 16.1. The summed E-state index contributed by atoms with van der Waals surface area (Å²) in [5, 5.41) is 12.1. The molecule has 0 aliphatic carbocycles. The van der Waals surface area contributed by atoms with Gasteiger partial charge in [0, 0.05) is 6.07 Å². The average molecular weight is 556 g/mol. The number of esters is 1. The number of rotatable bonds is 8. The number of nitrogens with zero attached hydrogens (tertiary/aromatic N) is 1. The van der Waals surface area contributed by atoms with Crippen LogP contribution in [0.25, 0.3) is 0 Å². The molecule has 0 amide bonds. The number of methoxy groups -OCH3 is 1. The first kappa shape index (κ1) is 30.3. The van der Waals surface area contributed by atoms with Crippen LogP contribution in [0.2, 0.25) is 18.1 Å². The lowest BCUT2D eigenvalue weighted by molar-refractivity contribution is -0.385. The van der Waals surface area contributed by atoms with Crippen LogP contribution in [-0.4, -0.2) is 50.9 Å². The number of carbonyl (C=O) groups is 1. The number of carbonyl (C=O) groups excluding carboxylic acids is 1. The molecule has 1 aliphatic rings. The fourth-order valence-electron chi connectivity index (χ4n) is 3.69. The van der Waals surface area contributed by atoms with Crippen LogP contribution < -0.4 is 4.74 Å². The minimum absolute atomic E-state index is 0.0101. The van der Waals surface area contributed by atoms with Gasteiger partial charge in [0.05, 0.1) is 24.2 Å². The van der Waals surface area contributed by atoms with E-state index in [9.17, 15) is 14.9 Å². The molecule has 9 nitrogen and oxygen atoms in total. The number of hydrogen-bond acceptors (Lipinski definition) is 8. The van der Waals surface area contributed by atoms with Crippen LogP contribution >= 0.6 is 0 Å². The molecule has 2 aromatic rings. The minimum Gasteiger partial charge on any atom is -0.487 e. The first-order valence-corrected chi connectivity index (χ1v) is 15.6. The van der Waals surface area contributed by atoms with Gasteiger partial charge in [-0.1, -0.05) is 62.9 Å². The Morgan fingerprint density at radius 2 is 1.82 bits per heavy atom. The molecule has 0 radical (unpaired) electrons. The van der Waals surface area contributed by atoms with Gasteiger partial charge in [-0.3, -0.25) is 10.1 Å². The molecule has 0 bridgehead atoms. The quantitative estimate of drug-likeness (QED) is 0.131. The maximum Gasteiger partial charge on any atom is 0.338 e. The van der Waals surface area contributed by atoms with Crippen molar-refractivity contribution in [3.8, 4) is 17.6 Å². The molecule has 210 valence electrons. The van der Waals surface area contributed by atoms with Crippen molar-refractivity contribution < 1.29 is 33.1 Å². The number of nitro benzene ring substituents is 1. The highest BCUT2D eigenvalue weighted by molar-refractivity contribution is 6.74. The molecule has 2 aromatic carbocycles. The van der Waals surface area contributed by atoms with Crippen molar-refractivity contribution in [3.63, 3.8) is 0 Å². The number of nitro groups is 1. The van der Waals surface area contributed by atoms with Crippen molar-refractivity contribution in [2.24, 2.45) is 0 Å². The molecule has 0 unspecified atom stereocenters. The Balaban J connectivity index is 1.99. The normalized spacial score (nSPS) is 18.7. The van der Waals surface area contributed by atoms with E-state index in [1.807, 2.05) is 30.3 Å². The van der Waals surface area contributed by atoms with Crippen molar-refractivity contribution in [2.45, 2.75) is 77.4 Å². The zero-order chi connectivity index (χ0) is 29.0. The zero-order valence-corrected chi connectivity index (χ0v) is 24.8. The first-order valence-electron chi connectivity index (χ1n) is 12.7. The Labute approximate surface area is 231 Å². The summed E-state index contributed by atoms with van der Waals surface area (Å²) in [4.78, 5) is 23.7. The van der Waals surface area contributed by atoms with E-state index in [0.29, 0.717) is 0 Å². The Morgan fingerprint density at radius 1 is 1.15 bits per heavy atom. The van der Waals surface area contributed by atoms with E-state index < -0.39 is 37.2 Å². The zero-order valence-electron chi connectivity index (χ0n) is 23.8. The molecule has 0 saturated carbocycles. The highest BCUT2D eigenvalue weighted by atomic mass is 28.4. The van der Waals surface area contributed by atoms with Gasteiger partial charge >= 0.3 is 5.97 Å². The summed E-state index contributed by atoms with van der Waals surface area (Å²) < 4.78 is 29.2. The van der Waals surface area contributed by atoms with Gasteiger partial charge < -0.3 is 23.4 Å². The van der Waals surface area contributed by atoms with Crippen LogP contribution in [0.3, 0.4) is 0 Å². The summed E-state index contributed by atoms with van der Waals surface area (Å²) in [5.74, 6) is 4.37. The van der Waals surface area contributed by atoms with Crippen molar-refractivity contribution in [1.82, 2.24) is 0 Å². The van der Waals surface area contributed by atoms with Crippen LogP contribution in [0.1, 0.15) is 56.1 Å². The predicted octanol–water partition coefficient (Wildman–Crippen LogP) is 5.85. The third-order valence-corrected chi connectivity index (χ3v) is 11.4. The van der Waals surface area contributed by atoms with Gasteiger partial charge in [-0.05, 0) is 43.6 Å². The summed E-state index contributed by atoms with van der Waals surface area (Å²) in [6.45, 7) is 14.7. The molecule has 1 fully saturated rings. The van der Waals surface area contributed by atoms with E-state index in [2.05, 4.69) is 45.7 Å². The third kappa shape index (κ3) is 7.67. The highest BCUT2D eigenvalue weighted by Crippen LogP contribution is 2.38. The Morgan fingerprint density at radius 3 is 2.41 bits per heavy atom. The van der Waals surface area contributed by atoms with Crippen molar-refractivity contribution in [2.75, 3.05) is 13.7 Å². The summed E-state index contributed by atoms with van der Waals surface area (Å²) in [6, 6.07) is 11.9. The van der Waals surface area contributed by atoms with Gasteiger partial charge in [0.1, 0.15) is 30.1 Å². The molecule has 0 aromatic heterocycles. The largest absolute Gasteiger partial charge is 0.487 e. The lowest BCUT2D eigenvalue weighted by Gasteiger charge is -2.37. The minimum atomic E-state index is -2.07. The molecule has 0 N–H and O–H groups in total. The monoisotopic (exact) mass is 555 g/mol. The molecule has 1 aliphatic heterocycles. The van der Waals surface area contributed by atoms with E-state index in [0.717, 1.165) is 11.6 Å². The Kier molecular flexibility index (Phi) is 9.23. The predicted molar refractivity (Wildman–Crippen MR) is 149 cm³/mol. The highest BCUT2D eigenvalue weighted by Gasteiger charge is 2.44. The van der Waals surface area contributed by atoms with Gasteiger partial charge in [-0.25, -0.2) is 4.79 Å². The van der Waals surface area contributed by atoms with E-state index in [1.165, 1.54) is 13.2 Å². The molecule has 0 spiro atoms. The summed E-state index contributed by atoms with van der Waals surface area (Å²) in [5.41, 5.74) is 0.487. The van der Waals surface area contributed by atoms with Crippen LogP contribution in [0.15, 0.2) is 42.5 Å². The van der Waals surface area contributed by atoms with E-state index in [4.69, 9.17) is 23.4 Å². The topological polar surface area (TPSA) is 106 Å². The summed E-state index contributed by atoms with van der Waals surface area (Å²) >= 11 is 0. The van der Waals surface area contributed by atoms with Gasteiger partial charge in [0.2, 0.25) is 0 Å². The third-order valence-electron chi connectivity index (χ3n) is 6.87. The van der Waals surface area contributed by atoms with E-state index in [-0.39, 0.29) is 40.8 Å². The number of hydrogen-bond donors (Lipinski definition) is 0. The van der Waals surface area contributed by atoms with Crippen LogP contribution in [-0.2, 0) is 25.2 Å². The van der Waals surface area contributed by atoms with E-state index in [1.54, 1.807) is 13.8 Å². The maximum absolute atomic E-state index is 12.2. The van der Waals surface area contributed by atoms with Gasteiger partial charge in [0.25, 0.3) is 5.69 Å². The average Bonchev–Trinajstić information content (AvgIpc) is 3.17. The van der Waals surface area contributed by atoms with Crippen LogP contribution in [0.5, 0.6) is 5.75 Å². The molecule has 1 saturated heterocycles. The molecular weight excluding hydrogens is 518 g/mol. The van der Waals surface area contributed by atoms with Crippen LogP contribution in [0.4, 0.5) is 5.69 Å². The van der Waals surface area contributed by atoms with Crippen molar-refractivity contribution >= 4 is 20.0 Å². The second kappa shape index (κ2) is 11.9. The lowest BCUT2D eigenvalue weighted by Crippen LogP contribution is -2.44. The standard InChI is InChI=1S/C29H37NO8Si/c1-28(2,3)39(7,8)36-19-26-24(37-29(4,5)38-26)15-14-22-23(30(32)33)16-21(27(31)34-6)17-25(22)35-18-20-12-10-9-11-13-20/h9-13,16-17,24,26H,18-19H2,1-8H3/t24-,26-/m0/s1. The van der Waals surface area contributed by atoms with Crippen molar-refractivity contribution in [1.29, 1.82) is 0 Å². The Bertz CT molecular complexity index is 1260. The summed E-state index contributed by atoms with van der Waals surface area (Å²) in [7, 11) is -0.863. The molecule has 39 heavy (non-hydrogen) atoms. The van der Waals surface area contributed by atoms with Crippen LogP contribution in [0, 0.1) is 22.0 Å². The molecule has 1 heterocycles. The SMILES string of the molecule is COC(=O)c1cc(OCc2ccccc2)c(C#C[C@@H]2OC(C)(C)O[C@H]2CO[Si](C)(C)C(C)(C)C)c([N+](=O)[O-])c1. The first-order chi connectivity index (χ1) is 18.1. The molecular formula is C29H37NO8Si.